The van der Waals surface area contributed by atoms with Crippen molar-refractivity contribution in [3.63, 3.8) is 0 Å². The maximum absolute atomic E-state index is 14.0. The Kier molecular flexibility index (Phi) is 7.15. The highest BCUT2D eigenvalue weighted by molar-refractivity contribution is 7.98. The summed E-state index contributed by atoms with van der Waals surface area (Å²) in [6, 6.07) is 4.90. The monoisotopic (exact) mass is 304 g/mol. The van der Waals surface area contributed by atoms with Gasteiger partial charge in [-0.05, 0) is 44.5 Å². The third-order valence-corrected chi connectivity index (χ3v) is 4.46. The van der Waals surface area contributed by atoms with Crippen molar-refractivity contribution in [1.82, 2.24) is 4.90 Å². The van der Waals surface area contributed by atoms with Crippen molar-refractivity contribution >= 4 is 23.4 Å². The van der Waals surface area contributed by atoms with Gasteiger partial charge in [-0.15, -0.1) is 0 Å². The molecule has 1 aromatic rings. The molecule has 0 fully saturated rings. The Morgan fingerprint density at radius 1 is 1.47 bits per heavy atom. The van der Waals surface area contributed by atoms with Gasteiger partial charge in [0.05, 0.1) is 6.04 Å². The fourth-order valence-electron chi connectivity index (χ4n) is 2.12. The molecule has 108 valence electrons. The normalized spacial score (nSPS) is 14.7. The van der Waals surface area contributed by atoms with Gasteiger partial charge < -0.3 is 5.73 Å². The SMILES string of the molecule is CSCCC(C)N(C)C(CN)c1c(F)cccc1Cl. The van der Waals surface area contributed by atoms with E-state index >= 15 is 0 Å². The molecule has 0 heterocycles. The van der Waals surface area contributed by atoms with E-state index in [1.807, 2.05) is 18.8 Å². The molecule has 0 spiro atoms. The quantitative estimate of drug-likeness (QED) is 0.835. The number of benzene rings is 1. The van der Waals surface area contributed by atoms with Crippen LogP contribution in [-0.4, -0.2) is 36.5 Å². The third kappa shape index (κ3) is 4.35. The summed E-state index contributed by atoms with van der Waals surface area (Å²) in [4.78, 5) is 2.11. The zero-order valence-electron chi connectivity index (χ0n) is 11.7. The molecule has 0 bridgehead atoms. The fourth-order valence-corrected chi connectivity index (χ4v) is 2.98. The topological polar surface area (TPSA) is 29.3 Å². The van der Waals surface area contributed by atoms with Gasteiger partial charge in [0.25, 0.3) is 0 Å². The Balaban J connectivity index is 2.93. The zero-order valence-corrected chi connectivity index (χ0v) is 13.3. The Labute approximate surface area is 124 Å². The molecule has 2 N–H and O–H groups in total. The smallest absolute Gasteiger partial charge is 0.129 e. The van der Waals surface area contributed by atoms with Crippen LogP contribution in [0.2, 0.25) is 5.02 Å². The van der Waals surface area contributed by atoms with E-state index in [0.717, 1.165) is 12.2 Å². The van der Waals surface area contributed by atoms with Crippen molar-refractivity contribution < 1.29 is 4.39 Å². The molecule has 2 nitrogen and oxygen atoms in total. The lowest BCUT2D eigenvalue weighted by Gasteiger charge is -2.33. The molecule has 2 atom stereocenters. The first kappa shape index (κ1) is 16.8. The van der Waals surface area contributed by atoms with Crippen molar-refractivity contribution in [2.45, 2.75) is 25.4 Å². The highest BCUT2D eigenvalue weighted by Crippen LogP contribution is 2.30. The van der Waals surface area contributed by atoms with Crippen LogP contribution in [0.25, 0.3) is 0 Å². The molecule has 0 saturated heterocycles. The summed E-state index contributed by atoms with van der Waals surface area (Å²) in [5.74, 6) is 0.792. The molecule has 2 unspecified atom stereocenters. The molecule has 0 aliphatic rings. The van der Waals surface area contributed by atoms with Crippen LogP contribution in [0.15, 0.2) is 18.2 Å². The summed E-state index contributed by atoms with van der Waals surface area (Å²) in [7, 11) is 1.98. The van der Waals surface area contributed by atoms with Gasteiger partial charge in [0.15, 0.2) is 0 Å². The Hall–Kier alpha value is -0.290. The van der Waals surface area contributed by atoms with Crippen LogP contribution in [0, 0.1) is 5.82 Å². The number of likely N-dealkylation sites (N-methyl/N-ethyl adjacent to an activating group) is 1. The van der Waals surface area contributed by atoms with E-state index in [9.17, 15) is 4.39 Å². The van der Waals surface area contributed by atoms with Gasteiger partial charge >= 0.3 is 0 Å². The van der Waals surface area contributed by atoms with E-state index in [0.29, 0.717) is 23.2 Å². The van der Waals surface area contributed by atoms with E-state index in [2.05, 4.69) is 18.1 Å². The second-order valence-electron chi connectivity index (χ2n) is 4.68. The lowest BCUT2D eigenvalue weighted by atomic mass is 10.0. The molecular weight excluding hydrogens is 283 g/mol. The number of nitrogens with two attached hydrogens (primary N) is 1. The van der Waals surface area contributed by atoms with Crippen LogP contribution in [0.3, 0.4) is 0 Å². The van der Waals surface area contributed by atoms with Gasteiger partial charge in [0, 0.05) is 23.2 Å². The maximum atomic E-state index is 14.0. The second kappa shape index (κ2) is 8.10. The number of halogens is 2. The van der Waals surface area contributed by atoms with Gasteiger partial charge in [-0.1, -0.05) is 17.7 Å². The second-order valence-corrected chi connectivity index (χ2v) is 6.08. The van der Waals surface area contributed by atoms with E-state index < -0.39 is 0 Å². The van der Waals surface area contributed by atoms with Crippen LogP contribution in [-0.2, 0) is 0 Å². The van der Waals surface area contributed by atoms with Gasteiger partial charge in [-0.3, -0.25) is 4.90 Å². The zero-order chi connectivity index (χ0) is 14.4. The van der Waals surface area contributed by atoms with Crippen molar-refractivity contribution in [3.8, 4) is 0 Å². The molecule has 0 aliphatic carbocycles. The summed E-state index contributed by atoms with van der Waals surface area (Å²) in [5, 5.41) is 0.444. The number of thioether (sulfide) groups is 1. The first-order valence-electron chi connectivity index (χ1n) is 6.37. The molecule has 0 aromatic heterocycles. The molecule has 0 amide bonds. The highest BCUT2D eigenvalue weighted by Gasteiger charge is 2.24. The Morgan fingerprint density at radius 3 is 2.68 bits per heavy atom. The molecule has 5 heteroatoms. The van der Waals surface area contributed by atoms with E-state index in [1.165, 1.54) is 6.07 Å². The van der Waals surface area contributed by atoms with Crippen LogP contribution in [0.5, 0.6) is 0 Å². The Bertz CT molecular complexity index is 383. The Morgan fingerprint density at radius 2 is 2.16 bits per heavy atom. The van der Waals surface area contributed by atoms with Crippen LogP contribution in [0.4, 0.5) is 4.39 Å². The molecule has 0 saturated carbocycles. The van der Waals surface area contributed by atoms with Crippen LogP contribution < -0.4 is 5.73 Å². The van der Waals surface area contributed by atoms with Gasteiger partial charge in [-0.25, -0.2) is 4.39 Å². The summed E-state index contributed by atoms with van der Waals surface area (Å²) >= 11 is 7.94. The van der Waals surface area contributed by atoms with E-state index in [-0.39, 0.29) is 11.9 Å². The van der Waals surface area contributed by atoms with E-state index in [4.69, 9.17) is 17.3 Å². The maximum Gasteiger partial charge on any atom is 0.129 e. The minimum Gasteiger partial charge on any atom is -0.329 e. The largest absolute Gasteiger partial charge is 0.329 e. The minimum absolute atomic E-state index is 0.189. The predicted molar refractivity (Wildman–Crippen MR) is 83.4 cm³/mol. The average Bonchev–Trinajstić information content (AvgIpc) is 2.39. The van der Waals surface area contributed by atoms with Crippen molar-refractivity contribution in [2.75, 3.05) is 25.6 Å². The standard InChI is InChI=1S/C14H22ClFN2S/c1-10(7-8-19-3)18(2)13(9-17)14-11(15)5-4-6-12(14)16/h4-6,10,13H,7-9,17H2,1-3H3. The first-order valence-corrected chi connectivity index (χ1v) is 8.15. The van der Waals surface area contributed by atoms with Gasteiger partial charge in [0.1, 0.15) is 5.82 Å². The summed E-state index contributed by atoms with van der Waals surface area (Å²) in [5.41, 5.74) is 6.34. The predicted octanol–water partition coefficient (Wildman–Crippen LogP) is 3.55. The summed E-state index contributed by atoms with van der Waals surface area (Å²) in [6.45, 7) is 2.48. The third-order valence-electron chi connectivity index (χ3n) is 3.48. The number of nitrogens with zero attached hydrogens (tertiary/aromatic N) is 1. The van der Waals surface area contributed by atoms with Gasteiger partial charge in [0.2, 0.25) is 0 Å². The van der Waals surface area contributed by atoms with Crippen LogP contribution >= 0.6 is 23.4 Å². The molecule has 0 radical (unpaired) electrons. The lowest BCUT2D eigenvalue weighted by Crippen LogP contribution is -2.38. The van der Waals surface area contributed by atoms with Crippen molar-refractivity contribution in [1.29, 1.82) is 0 Å². The highest BCUT2D eigenvalue weighted by atomic mass is 35.5. The number of hydrogen-bond acceptors (Lipinski definition) is 3. The molecule has 1 rings (SSSR count). The van der Waals surface area contributed by atoms with Crippen LogP contribution in [0.1, 0.15) is 24.9 Å². The molecule has 19 heavy (non-hydrogen) atoms. The average molecular weight is 305 g/mol. The molecule has 0 aliphatic heterocycles. The van der Waals surface area contributed by atoms with Crippen molar-refractivity contribution in [3.05, 3.63) is 34.6 Å². The fraction of sp³-hybridized carbons (Fsp3) is 0.571. The number of hydrogen-bond donors (Lipinski definition) is 1. The summed E-state index contributed by atoms with van der Waals surface area (Å²) < 4.78 is 14.0. The first-order chi connectivity index (χ1) is 9.02. The summed E-state index contributed by atoms with van der Waals surface area (Å²) in [6.07, 6.45) is 3.13. The van der Waals surface area contributed by atoms with Gasteiger partial charge in [-0.2, -0.15) is 11.8 Å². The van der Waals surface area contributed by atoms with Crippen molar-refractivity contribution in [2.24, 2.45) is 5.73 Å². The molecule has 1 aromatic carbocycles. The van der Waals surface area contributed by atoms with E-state index in [1.54, 1.807) is 12.1 Å². The molecular formula is C14H22ClFN2S. The lowest BCUT2D eigenvalue weighted by molar-refractivity contribution is 0.182. The minimum atomic E-state index is -0.285. The number of rotatable bonds is 7.